The summed E-state index contributed by atoms with van der Waals surface area (Å²) in [6.45, 7) is 0. The molecule has 0 unspecified atom stereocenters. The average molecular weight is 268 g/mol. The predicted molar refractivity (Wildman–Crippen MR) is 64.0 cm³/mol. The van der Waals surface area contributed by atoms with E-state index in [9.17, 15) is 14.0 Å². The summed E-state index contributed by atoms with van der Waals surface area (Å²) in [5.74, 6) is -1.98. The molecule has 1 aromatic heterocycles. The van der Waals surface area contributed by atoms with E-state index in [0.717, 1.165) is 22.9 Å². The maximum absolute atomic E-state index is 13.8. The Morgan fingerprint density at radius 1 is 1.28 bits per heavy atom. The Bertz CT molecular complexity index is 681. The summed E-state index contributed by atoms with van der Waals surface area (Å²) in [4.78, 5) is 22.4. The van der Waals surface area contributed by atoms with E-state index in [1.807, 2.05) is 0 Å². The Morgan fingerprint density at radius 2 is 2.00 bits per heavy atom. The molecular weight excluding hydrogens is 261 g/mol. The summed E-state index contributed by atoms with van der Waals surface area (Å²) in [6.07, 6.45) is 1.05. The molecule has 0 radical (unpaired) electrons. The number of pyridine rings is 1. The fourth-order valence-electron chi connectivity index (χ4n) is 1.48. The second-order valence-corrected chi connectivity index (χ2v) is 3.91. The Morgan fingerprint density at radius 3 is 2.67 bits per heavy atom. The molecule has 92 valence electrons. The van der Waals surface area contributed by atoms with Gasteiger partial charge in [-0.1, -0.05) is 17.7 Å². The summed E-state index contributed by atoms with van der Waals surface area (Å²) in [6, 6.07) is 6.37. The molecule has 0 amide bonds. The fourth-order valence-corrected chi connectivity index (χ4v) is 1.65. The maximum Gasteiger partial charge on any atom is 0.337 e. The van der Waals surface area contributed by atoms with Crippen LogP contribution in [0.3, 0.4) is 0 Å². The maximum atomic E-state index is 13.8. The van der Waals surface area contributed by atoms with Crippen LogP contribution in [0.5, 0.6) is 0 Å². The van der Waals surface area contributed by atoms with Crippen molar-refractivity contribution >= 4 is 17.6 Å². The van der Waals surface area contributed by atoms with E-state index in [4.69, 9.17) is 16.7 Å². The lowest BCUT2D eigenvalue weighted by Crippen LogP contribution is -2.19. The van der Waals surface area contributed by atoms with Crippen molar-refractivity contribution in [3.8, 4) is 5.69 Å². The summed E-state index contributed by atoms with van der Waals surface area (Å²) in [7, 11) is 0. The third-order valence-electron chi connectivity index (χ3n) is 2.35. The zero-order valence-corrected chi connectivity index (χ0v) is 9.69. The van der Waals surface area contributed by atoms with E-state index in [-0.39, 0.29) is 16.3 Å². The molecule has 0 saturated carbocycles. The molecule has 0 atom stereocenters. The van der Waals surface area contributed by atoms with Crippen molar-refractivity contribution in [2.45, 2.75) is 0 Å². The van der Waals surface area contributed by atoms with Gasteiger partial charge >= 0.3 is 5.97 Å². The number of carboxylic acids is 1. The zero-order valence-electron chi connectivity index (χ0n) is 8.93. The quantitative estimate of drug-likeness (QED) is 0.908. The van der Waals surface area contributed by atoms with Crippen molar-refractivity contribution in [1.82, 2.24) is 4.57 Å². The molecule has 18 heavy (non-hydrogen) atoms. The molecule has 0 aliphatic rings. The van der Waals surface area contributed by atoms with Gasteiger partial charge in [0.1, 0.15) is 0 Å². The summed E-state index contributed by atoms with van der Waals surface area (Å²) in [5.41, 5.74) is -0.745. The van der Waals surface area contributed by atoms with E-state index in [1.165, 1.54) is 18.2 Å². The molecule has 4 nitrogen and oxygen atoms in total. The van der Waals surface area contributed by atoms with Gasteiger partial charge in [0.25, 0.3) is 5.56 Å². The lowest BCUT2D eigenvalue weighted by molar-refractivity contribution is 0.0696. The van der Waals surface area contributed by atoms with E-state index in [1.54, 1.807) is 0 Å². The highest BCUT2D eigenvalue weighted by molar-refractivity contribution is 6.30. The third-order valence-corrected chi connectivity index (χ3v) is 2.64. The monoisotopic (exact) mass is 267 g/mol. The second-order valence-electron chi connectivity index (χ2n) is 3.50. The van der Waals surface area contributed by atoms with E-state index in [2.05, 4.69) is 0 Å². The van der Waals surface area contributed by atoms with Crippen molar-refractivity contribution in [1.29, 1.82) is 0 Å². The normalized spacial score (nSPS) is 10.3. The van der Waals surface area contributed by atoms with Gasteiger partial charge in [0.15, 0.2) is 5.82 Å². The topological polar surface area (TPSA) is 59.3 Å². The number of aromatic carboxylic acids is 1. The SMILES string of the molecule is O=C(O)c1ccc(=O)n(-c2cccc(Cl)c2F)c1. The van der Waals surface area contributed by atoms with Crippen molar-refractivity contribution in [3.05, 3.63) is 63.3 Å². The second kappa shape index (κ2) is 4.62. The molecule has 2 aromatic rings. The van der Waals surface area contributed by atoms with Crippen LogP contribution in [0, 0.1) is 5.82 Å². The van der Waals surface area contributed by atoms with Crippen LogP contribution >= 0.6 is 11.6 Å². The Hall–Kier alpha value is -2.14. The average Bonchev–Trinajstić information content (AvgIpc) is 2.33. The first kappa shape index (κ1) is 12.3. The van der Waals surface area contributed by atoms with Crippen molar-refractivity contribution < 1.29 is 14.3 Å². The minimum absolute atomic E-state index is 0.0874. The minimum atomic E-state index is -1.20. The number of aromatic nitrogens is 1. The van der Waals surface area contributed by atoms with Crippen LogP contribution in [0.15, 0.2) is 41.3 Å². The lowest BCUT2D eigenvalue weighted by atomic mass is 10.2. The van der Waals surface area contributed by atoms with Crippen molar-refractivity contribution in [3.63, 3.8) is 0 Å². The molecule has 6 heteroatoms. The standard InChI is InChI=1S/C12H7ClFNO3/c13-8-2-1-3-9(11(8)14)15-6-7(12(17)18)4-5-10(15)16/h1-6H,(H,17,18). The van der Waals surface area contributed by atoms with Gasteiger partial charge in [-0.05, 0) is 18.2 Å². The smallest absolute Gasteiger partial charge is 0.337 e. The van der Waals surface area contributed by atoms with E-state index in [0.29, 0.717) is 0 Å². The number of nitrogens with zero attached hydrogens (tertiary/aromatic N) is 1. The first-order chi connectivity index (χ1) is 8.50. The summed E-state index contributed by atoms with van der Waals surface area (Å²) in [5, 5.41) is 8.70. The molecule has 1 heterocycles. The van der Waals surface area contributed by atoms with Crippen LogP contribution in [0.2, 0.25) is 5.02 Å². The van der Waals surface area contributed by atoms with Crippen LogP contribution < -0.4 is 5.56 Å². The zero-order chi connectivity index (χ0) is 13.3. The molecule has 1 aromatic carbocycles. The molecule has 0 aliphatic carbocycles. The highest BCUT2D eigenvalue weighted by Gasteiger charge is 2.11. The first-order valence-corrected chi connectivity index (χ1v) is 5.29. The Balaban J connectivity index is 2.70. The number of benzene rings is 1. The Kier molecular flexibility index (Phi) is 3.16. The molecule has 2 rings (SSSR count). The highest BCUT2D eigenvalue weighted by atomic mass is 35.5. The van der Waals surface area contributed by atoms with Crippen LogP contribution in [0.1, 0.15) is 10.4 Å². The van der Waals surface area contributed by atoms with Crippen LogP contribution in [0.25, 0.3) is 5.69 Å². The predicted octanol–water partition coefficient (Wildman–Crippen LogP) is 2.33. The van der Waals surface area contributed by atoms with Gasteiger partial charge in [-0.3, -0.25) is 9.36 Å². The largest absolute Gasteiger partial charge is 0.478 e. The molecule has 0 spiro atoms. The van der Waals surface area contributed by atoms with Crippen LogP contribution in [0.4, 0.5) is 4.39 Å². The number of carbonyl (C=O) groups is 1. The number of hydrogen-bond acceptors (Lipinski definition) is 2. The van der Waals surface area contributed by atoms with Gasteiger partial charge in [0, 0.05) is 12.3 Å². The van der Waals surface area contributed by atoms with E-state index >= 15 is 0 Å². The fraction of sp³-hybridized carbons (Fsp3) is 0. The third kappa shape index (κ3) is 2.12. The molecule has 0 saturated heterocycles. The van der Waals surface area contributed by atoms with Gasteiger partial charge in [0.05, 0.1) is 16.3 Å². The molecular formula is C12H7ClFNO3. The molecule has 1 N–H and O–H groups in total. The summed E-state index contributed by atoms with van der Waals surface area (Å²) >= 11 is 5.61. The van der Waals surface area contributed by atoms with E-state index < -0.39 is 17.3 Å². The number of carboxylic acid groups (broad SMARTS) is 1. The molecule has 0 fully saturated rings. The lowest BCUT2D eigenvalue weighted by Gasteiger charge is -2.08. The summed E-state index contributed by atoms with van der Waals surface area (Å²) < 4.78 is 14.7. The van der Waals surface area contributed by atoms with Crippen molar-refractivity contribution in [2.24, 2.45) is 0 Å². The highest BCUT2D eigenvalue weighted by Crippen LogP contribution is 2.20. The van der Waals surface area contributed by atoms with Gasteiger partial charge in [-0.25, -0.2) is 9.18 Å². The van der Waals surface area contributed by atoms with Crippen molar-refractivity contribution in [2.75, 3.05) is 0 Å². The van der Waals surface area contributed by atoms with Crippen LogP contribution in [-0.2, 0) is 0 Å². The van der Waals surface area contributed by atoms with Gasteiger partial charge in [-0.2, -0.15) is 0 Å². The molecule has 0 aliphatic heterocycles. The number of rotatable bonds is 2. The molecule has 0 bridgehead atoms. The first-order valence-electron chi connectivity index (χ1n) is 4.91. The van der Waals surface area contributed by atoms with Crippen LogP contribution in [-0.4, -0.2) is 15.6 Å². The number of hydrogen-bond donors (Lipinski definition) is 1. The van der Waals surface area contributed by atoms with Gasteiger partial charge in [0.2, 0.25) is 0 Å². The Labute approximate surface area is 106 Å². The number of halogens is 2. The minimum Gasteiger partial charge on any atom is -0.478 e. The van der Waals surface area contributed by atoms with Gasteiger partial charge in [-0.15, -0.1) is 0 Å². The van der Waals surface area contributed by atoms with Gasteiger partial charge < -0.3 is 5.11 Å².